The number of hydrogen-bond donors (Lipinski definition) is 0. The standard InChI is InChI=1S/C8H5ClF2O2/c1-13-8-5(10)2-4(3-12)7(11)6(8)9/h2-3H,1H3. The van der Waals surface area contributed by atoms with Gasteiger partial charge in [0.25, 0.3) is 0 Å². The summed E-state index contributed by atoms with van der Waals surface area (Å²) in [6, 6.07) is 0.729. The molecular formula is C8H5ClF2O2. The van der Waals surface area contributed by atoms with Crippen LogP contribution in [0.4, 0.5) is 8.78 Å². The molecule has 1 aromatic rings. The number of hydrogen-bond acceptors (Lipinski definition) is 2. The number of carbonyl (C=O) groups is 1. The second-order valence-electron chi connectivity index (χ2n) is 2.23. The molecule has 0 aliphatic carbocycles. The van der Waals surface area contributed by atoms with Crippen molar-refractivity contribution in [2.45, 2.75) is 0 Å². The van der Waals surface area contributed by atoms with Crippen molar-refractivity contribution in [1.82, 2.24) is 0 Å². The molecule has 1 aromatic carbocycles. The van der Waals surface area contributed by atoms with Crippen molar-refractivity contribution in [2.75, 3.05) is 7.11 Å². The Morgan fingerprint density at radius 2 is 2.15 bits per heavy atom. The third-order valence-corrected chi connectivity index (χ3v) is 1.81. The van der Waals surface area contributed by atoms with Gasteiger partial charge in [0.15, 0.2) is 23.7 Å². The van der Waals surface area contributed by atoms with Crippen molar-refractivity contribution in [3.05, 3.63) is 28.3 Å². The van der Waals surface area contributed by atoms with Crippen molar-refractivity contribution in [1.29, 1.82) is 0 Å². The Morgan fingerprint density at radius 1 is 1.54 bits per heavy atom. The van der Waals surface area contributed by atoms with E-state index in [0.717, 1.165) is 13.2 Å². The summed E-state index contributed by atoms with van der Waals surface area (Å²) in [4.78, 5) is 10.2. The van der Waals surface area contributed by atoms with Crippen LogP contribution in [0.15, 0.2) is 6.07 Å². The monoisotopic (exact) mass is 206 g/mol. The molecule has 0 aliphatic heterocycles. The van der Waals surface area contributed by atoms with Crippen LogP contribution in [0.1, 0.15) is 10.4 Å². The number of aldehydes is 1. The van der Waals surface area contributed by atoms with E-state index >= 15 is 0 Å². The van der Waals surface area contributed by atoms with Crippen LogP contribution in [0.5, 0.6) is 5.75 Å². The zero-order chi connectivity index (χ0) is 10.0. The van der Waals surface area contributed by atoms with Crippen LogP contribution in [0.2, 0.25) is 5.02 Å². The van der Waals surface area contributed by atoms with E-state index < -0.39 is 28.0 Å². The zero-order valence-electron chi connectivity index (χ0n) is 6.61. The summed E-state index contributed by atoms with van der Waals surface area (Å²) in [5.74, 6) is -2.24. The Hall–Kier alpha value is -1.16. The molecule has 0 amide bonds. The molecule has 0 saturated heterocycles. The zero-order valence-corrected chi connectivity index (χ0v) is 7.36. The third kappa shape index (κ3) is 1.62. The average Bonchev–Trinajstić information content (AvgIpc) is 2.12. The Balaban J connectivity index is 3.45. The summed E-state index contributed by atoms with van der Waals surface area (Å²) in [7, 11) is 1.16. The molecule has 0 N–H and O–H groups in total. The lowest BCUT2D eigenvalue weighted by Gasteiger charge is -2.06. The number of methoxy groups -OCH3 is 1. The highest BCUT2D eigenvalue weighted by Crippen LogP contribution is 2.31. The first kappa shape index (κ1) is 9.92. The number of carbonyl (C=O) groups excluding carboxylic acids is 1. The lowest BCUT2D eigenvalue weighted by molar-refractivity contribution is 0.111. The summed E-state index contributed by atoms with van der Waals surface area (Å²) in [6.45, 7) is 0. The van der Waals surface area contributed by atoms with Crippen molar-refractivity contribution >= 4 is 17.9 Å². The minimum atomic E-state index is -0.977. The predicted molar refractivity (Wildman–Crippen MR) is 43.3 cm³/mol. The average molecular weight is 207 g/mol. The molecule has 0 heterocycles. The summed E-state index contributed by atoms with van der Waals surface area (Å²) in [5, 5.41) is -0.524. The Bertz CT molecular complexity index is 352. The van der Waals surface area contributed by atoms with Crippen LogP contribution >= 0.6 is 11.6 Å². The van der Waals surface area contributed by atoms with E-state index in [2.05, 4.69) is 4.74 Å². The number of halogens is 3. The molecule has 0 fully saturated rings. The predicted octanol–water partition coefficient (Wildman–Crippen LogP) is 2.44. The normalized spacial score (nSPS) is 9.85. The fourth-order valence-electron chi connectivity index (χ4n) is 0.870. The van der Waals surface area contributed by atoms with Crippen LogP contribution in [0.3, 0.4) is 0 Å². The van der Waals surface area contributed by atoms with Crippen LogP contribution in [-0.4, -0.2) is 13.4 Å². The molecule has 0 saturated carbocycles. The lowest BCUT2D eigenvalue weighted by Crippen LogP contribution is -1.96. The van der Waals surface area contributed by atoms with E-state index in [0.29, 0.717) is 0 Å². The molecule has 0 bridgehead atoms. The fraction of sp³-hybridized carbons (Fsp3) is 0.125. The van der Waals surface area contributed by atoms with Gasteiger partial charge in [0.05, 0.1) is 12.7 Å². The molecule has 5 heteroatoms. The molecule has 0 radical (unpaired) electrons. The van der Waals surface area contributed by atoms with Crippen molar-refractivity contribution in [2.24, 2.45) is 0 Å². The maximum atomic E-state index is 13.0. The van der Waals surface area contributed by atoms with Gasteiger partial charge in [-0.1, -0.05) is 11.6 Å². The van der Waals surface area contributed by atoms with E-state index in [1.165, 1.54) is 0 Å². The van der Waals surface area contributed by atoms with Crippen LogP contribution in [0, 0.1) is 11.6 Å². The fourth-order valence-corrected chi connectivity index (χ4v) is 1.15. The number of ether oxygens (including phenoxy) is 1. The molecule has 0 aromatic heterocycles. The van der Waals surface area contributed by atoms with Gasteiger partial charge in [0.2, 0.25) is 0 Å². The Morgan fingerprint density at radius 3 is 2.62 bits per heavy atom. The van der Waals surface area contributed by atoms with Crippen LogP contribution in [0.25, 0.3) is 0 Å². The number of rotatable bonds is 2. The third-order valence-electron chi connectivity index (χ3n) is 1.48. The number of benzene rings is 1. The van der Waals surface area contributed by atoms with E-state index in [-0.39, 0.29) is 6.29 Å². The molecule has 13 heavy (non-hydrogen) atoms. The minimum Gasteiger partial charge on any atom is -0.492 e. The molecule has 0 atom stereocenters. The van der Waals surface area contributed by atoms with Gasteiger partial charge < -0.3 is 4.74 Å². The highest BCUT2D eigenvalue weighted by Gasteiger charge is 2.16. The first-order chi connectivity index (χ1) is 6.11. The highest BCUT2D eigenvalue weighted by molar-refractivity contribution is 6.32. The first-order valence-electron chi connectivity index (χ1n) is 3.28. The molecule has 0 spiro atoms. The van der Waals surface area contributed by atoms with E-state index in [4.69, 9.17) is 11.6 Å². The Kier molecular flexibility index (Phi) is 2.83. The van der Waals surface area contributed by atoms with Crippen molar-refractivity contribution in [3.63, 3.8) is 0 Å². The highest BCUT2D eigenvalue weighted by atomic mass is 35.5. The van der Waals surface area contributed by atoms with Gasteiger partial charge in [-0.25, -0.2) is 8.78 Å². The maximum Gasteiger partial charge on any atom is 0.176 e. The van der Waals surface area contributed by atoms with Crippen molar-refractivity contribution < 1.29 is 18.3 Å². The molecule has 2 nitrogen and oxygen atoms in total. The Labute approximate surface area is 78.1 Å². The van der Waals surface area contributed by atoms with Gasteiger partial charge >= 0.3 is 0 Å². The van der Waals surface area contributed by atoms with Gasteiger partial charge in [-0.15, -0.1) is 0 Å². The first-order valence-corrected chi connectivity index (χ1v) is 3.66. The topological polar surface area (TPSA) is 26.3 Å². The van der Waals surface area contributed by atoms with E-state index in [1.807, 2.05) is 0 Å². The largest absolute Gasteiger partial charge is 0.492 e. The van der Waals surface area contributed by atoms with Gasteiger partial charge in [-0.05, 0) is 6.07 Å². The van der Waals surface area contributed by atoms with Gasteiger partial charge in [-0.3, -0.25) is 4.79 Å². The van der Waals surface area contributed by atoms with E-state index in [9.17, 15) is 13.6 Å². The second-order valence-corrected chi connectivity index (χ2v) is 2.60. The quantitative estimate of drug-likeness (QED) is 0.549. The van der Waals surface area contributed by atoms with E-state index in [1.54, 1.807) is 0 Å². The molecular weight excluding hydrogens is 202 g/mol. The smallest absolute Gasteiger partial charge is 0.176 e. The van der Waals surface area contributed by atoms with Crippen molar-refractivity contribution in [3.8, 4) is 5.75 Å². The molecule has 0 unspecified atom stereocenters. The lowest BCUT2D eigenvalue weighted by atomic mass is 10.2. The van der Waals surface area contributed by atoms with Crippen LogP contribution < -0.4 is 4.74 Å². The summed E-state index contributed by atoms with van der Waals surface area (Å²) in [5.41, 5.74) is -0.428. The van der Waals surface area contributed by atoms with Gasteiger partial charge in [-0.2, -0.15) is 0 Å². The second kappa shape index (κ2) is 3.70. The minimum absolute atomic E-state index is 0.184. The summed E-state index contributed by atoms with van der Waals surface area (Å²) in [6.07, 6.45) is 0.184. The molecule has 70 valence electrons. The van der Waals surface area contributed by atoms with Gasteiger partial charge in [0.1, 0.15) is 5.02 Å². The summed E-state index contributed by atoms with van der Waals surface area (Å²) >= 11 is 5.38. The molecule has 0 aliphatic rings. The van der Waals surface area contributed by atoms with Crippen LogP contribution in [-0.2, 0) is 0 Å². The molecule has 1 rings (SSSR count). The maximum absolute atomic E-state index is 13.0. The SMILES string of the molecule is COc1c(F)cc(C=O)c(F)c1Cl. The van der Waals surface area contributed by atoms with Gasteiger partial charge in [0, 0.05) is 0 Å². The summed E-state index contributed by atoms with van der Waals surface area (Å²) < 4.78 is 30.5.